The van der Waals surface area contributed by atoms with Crippen molar-refractivity contribution in [2.24, 2.45) is 0 Å². The lowest BCUT2D eigenvalue weighted by molar-refractivity contribution is 0.0692. The molecule has 16 heavy (non-hydrogen) atoms. The monoisotopic (exact) mass is 290 g/mol. The van der Waals surface area contributed by atoms with Crippen LogP contribution in [0.4, 0.5) is 0 Å². The molecular weight excluding hydrogens is 280 g/mol. The normalized spacial score (nSPS) is 9.75. The molecule has 0 saturated heterocycles. The Kier molecular flexibility index (Phi) is 4.00. The summed E-state index contributed by atoms with van der Waals surface area (Å²) in [6, 6.07) is 1.35. The smallest absolute Gasteiger partial charge is 0.339 e. The number of rotatable bonds is 4. The first-order chi connectivity index (χ1) is 7.56. The Morgan fingerprint density at radius 3 is 2.12 bits per heavy atom. The van der Waals surface area contributed by atoms with E-state index in [2.05, 4.69) is 15.9 Å². The molecule has 0 heterocycles. The lowest BCUT2D eigenvalue weighted by atomic mass is 10.1. The van der Waals surface area contributed by atoms with Gasteiger partial charge in [-0.05, 0) is 15.9 Å². The van der Waals surface area contributed by atoms with Crippen LogP contribution in [0.3, 0.4) is 0 Å². The SMILES string of the molecule is COc1cc(C(=O)O)c(OC)c(Br)c1OC. The van der Waals surface area contributed by atoms with Crippen molar-refractivity contribution in [2.45, 2.75) is 0 Å². The standard InChI is InChI=1S/C10H11BrO5/c1-14-6-4-5(10(12)13)8(15-2)7(11)9(6)16-3/h4H,1-3H3,(H,12,13). The van der Waals surface area contributed by atoms with Gasteiger partial charge in [0.2, 0.25) is 0 Å². The number of carbonyl (C=O) groups is 1. The highest BCUT2D eigenvalue weighted by Gasteiger charge is 2.22. The van der Waals surface area contributed by atoms with Gasteiger partial charge in [-0.25, -0.2) is 4.79 Å². The van der Waals surface area contributed by atoms with Crippen LogP contribution in [0, 0.1) is 0 Å². The van der Waals surface area contributed by atoms with Gasteiger partial charge in [0, 0.05) is 6.07 Å². The van der Waals surface area contributed by atoms with E-state index >= 15 is 0 Å². The van der Waals surface area contributed by atoms with E-state index < -0.39 is 5.97 Å². The Hall–Kier alpha value is -1.43. The zero-order chi connectivity index (χ0) is 12.3. The van der Waals surface area contributed by atoms with Gasteiger partial charge < -0.3 is 19.3 Å². The van der Waals surface area contributed by atoms with Gasteiger partial charge in [0.05, 0.1) is 21.3 Å². The Morgan fingerprint density at radius 1 is 1.19 bits per heavy atom. The van der Waals surface area contributed by atoms with Crippen molar-refractivity contribution in [3.8, 4) is 17.2 Å². The topological polar surface area (TPSA) is 65.0 Å². The first-order valence-corrected chi connectivity index (χ1v) is 5.07. The van der Waals surface area contributed by atoms with Crippen LogP contribution in [-0.2, 0) is 0 Å². The van der Waals surface area contributed by atoms with Crippen molar-refractivity contribution in [3.05, 3.63) is 16.1 Å². The maximum Gasteiger partial charge on any atom is 0.339 e. The molecule has 0 aliphatic carbocycles. The zero-order valence-corrected chi connectivity index (χ0v) is 10.6. The number of ether oxygens (including phenoxy) is 3. The molecule has 1 aromatic carbocycles. The molecule has 1 N–H and O–H groups in total. The number of aromatic carboxylic acids is 1. The molecule has 0 atom stereocenters. The zero-order valence-electron chi connectivity index (χ0n) is 9.04. The van der Waals surface area contributed by atoms with E-state index in [-0.39, 0.29) is 11.3 Å². The fourth-order valence-corrected chi connectivity index (χ4v) is 2.02. The molecule has 0 spiro atoms. The molecular formula is C10H11BrO5. The summed E-state index contributed by atoms with van der Waals surface area (Å²) in [7, 11) is 4.28. The predicted molar refractivity (Wildman–Crippen MR) is 60.8 cm³/mol. The van der Waals surface area contributed by atoms with Crippen LogP contribution in [0.2, 0.25) is 0 Å². The minimum absolute atomic E-state index is 0.00650. The van der Waals surface area contributed by atoms with E-state index in [9.17, 15) is 4.79 Å². The van der Waals surface area contributed by atoms with E-state index in [1.54, 1.807) is 0 Å². The highest BCUT2D eigenvalue weighted by molar-refractivity contribution is 9.10. The lowest BCUT2D eigenvalue weighted by Crippen LogP contribution is -2.04. The summed E-state index contributed by atoms with van der Waals surface area (Å²) in [6.45, 7) is 0. The number of hydrogen-bond acceptors (Lipinski definition) is 4. The lowest BCUT2D eigenvalue weighted by Gasteiger charge is -2.14. The molecule has 0 amide bonds. The van der Waals surface area contributed by atoms with E-state index in [0.717, 1.165) is 0 Å². The van der Waals surface area contributed by atoms with Crippen molar-refractivity contribution in [1.82, 2.24) is 0 Å². The van der Waals surface area contributed by atoms with Gasteiger partial charge in [0.15, 0.2) is 17.2 Å². The minimum Gasteiger partial charge on any atom is -0.495 e. The van der Waals surface area contributed by atoms with Gasteiger partial charge in [0.1, 0.15) is 10.0 Å². The molecule has 0 saturated carbocycles. The van der Waals surface area contributed by atoms with Crippen molar-refractivity contribution < 1.29 is 24.1 Å². The average molecular weight is 291 g/mol. The summed E-state index contributed by atoms with van der Waals surface area (Å²) >= 11 is 3.22. The van der Waals surface area contributed by atoms with Gasteiger partial charge in [-0.15, -0.1) is 0 Å². The van der Waals surface area contributed by atoms with Gasteiger partial charge in [-0.2, -0.15) is 0 Å². The number of halogens is 1. The molecule has 0 radical (unpaired) electrons. The van der Waals surface area contributed by atoms with Crippen molar-refractivity contribution in [3.63, 3.8) is 0 Å². The Labute approximate surface area is 101 Å². The van der Waals surface area contributed by atoms with E-state index in [1.807, 2.05) is 0 Å². The molecule has 6 heteroatoms. The highest BCUT2D eigenvalue weighted by atomic mass is 79.9. The van der Waals surface area contributed by atoms with Crippen LogP contribution in [0.15, 0.2) is 10.5 Å². The summed E-state index contributed by atoms with van der Waals surface area (Å²) in [4.78, 5) is 11.0. The van der Waals surface area contributed by atoms with Crippen LogP contribution >= 0.6 is 15.9 Å². The van der Waals surface area contributed by atoms with Crippen molar-refractivity contribution in [2.75, 3.05) is 21.3 Å². The molecule has 0 bridgehead atoms. The minimum atomic E-state index is -1.10. The first-order valence-electron chi connectivity index (χ1n) is 4.28. The number of carboxylic acid groups (broad SMARTS) is 1. The molecule has 88 valence electrons. The number of hydrogen-bond donors (Lipinski definition) is 1. The summed E-state index contributed by atoms with van der Waals surface area (Å²) in [5.41, 5.74) is 0.00650. The Balaban J connectivity index is 3.54. The third kappa shape index (κ3) is 2.06. The van der Waals surface area contributed by atoms with Gasteiger partial charge >= 0.3 is 5.97 Å². The molecule has 0 aromatic heterocycles. The van der Waals surface area contributed by atoms with Crippen LogP contribution in [0.1, 0.15) is 10.4 Å². The molecule has 5 nitrogen and oxygen atoms in total. The Bertz CT molecular complexity index is 416. The quantitative estimate of drug-likeness (QED) is 0.921. The highest BCUT2D eigenvalue weighted by Crippen LogP contribution is 2.43. The van der Waals surface area contributed by atoms with E-state index in [0.29, 0.717) is 16.0 Å². The van der Waals surface area contributed by atoms with E-state index in [4.69, 9.17) is 19.3 Å². The number of methoxy groups -OCH3 is 3. The third-order valence-corrected chi connectivity index (χ3v) is 2.72. The van der Waals surface area contributed by atoms with Crippen LogP contribution in [0.5, 0.6) is 17.2 Å². The van der Waals surface area contributed by atoms with Gasteiger partial charge in [0.25, 0.3) is 0 Å². The van der Waals surface area contributed by atoms with Crippen molar-refractivity contribution >= 4 is 21.9 Å². The van der Waals surface area contributed by atoms with E-state index in [1.165, 1.54) is 27.4 Å². The second-order valence-electron chi connectivity index (χ2n) is 2.81. The second-order valence-corrected chi connectivity index (χ2v) is 3.61. The van der Waals surface area contributed by atoms with Gasteiger partial charge in [-0.1, -0.05) is 0 Å². The number of carboxylic acids is 1. The summed E-state index contributed by atoms with van der Waals surface area (Å²) in [6.07, 6.45) is 0. The predicted octanol–water partition coefficient (Wildman–Crippen LogP) is 2.17. The molecule has 0 aliphatic heterocycles. The van der Waals surface area contributed by atoms with Crippen LogP contribution < -0.4 is 14.2 Å². The maximum absolute atomic E-state index is 11.0. The summed E-state index contributed by atoms with van der Waals surface area (Å²) in [5.74, 6) is -0.180. The second kappa shape index (κ2) is 5.07. The average Bonchev–Trinajstić information content (AvgIpc) is 2.27. The summed E-state index contributed by atoms with van der Waals surface area (Å²) < 4.78 is 15.6. The van der Waals surface area contributed by atoms with Crippen LogP contribution in [0.25, 0.3) is 0 Å². The molecule has 1 aromatic rings. The largest absolute Gasteiger partial charge is 0.495 e. The van der Waals surface area contributed by atoms with Gasteiger partial charge in [-0.3, -0.25) is 0 Å². The fraction of sp³-hybridized carbons (Fsp3) is 0.300. The third-order valence-electron chi connectivity index (χ3n) is 2.00. The van der Waals surface area contributed by atoms with Crippen molar-refractivity contribution in [1.29, 1.82) is 0 Å². The fourth-order valence-electron chi connectivity index (χ4n) is 1.29. The number of benzene rings is 1. The summed E-state index contributed by atoms with van der Waals surface area (Å²) in [5, 5.41) is 9.01. The maximum atomic E-state index is 11.0. The molecule has 0 unspecified atom stereocenters. The van der Waals surface area contributed by atoms with Crippen LogP contribution in [-0.4, -0.2) is 32.4 Å². The Morgan fingerprint density at radius 2 is 1.75 bits per heavy atom. The first kappa shape index (κ1) is 12.6. The molecule has 0 fully saturated rings. The molecule has 1 rings (SSSR count). The molecule has 0 aliphatic rings.